The van der Waals surface area contributed by atoms with Gasteiger partial charge in [-0.25, -0.2) is 24.7 Å². The Bertz CT molecular complexity index is 1360. The lowest BCUT2D eigenvalue weighted by Crippen LogP contribution is -2.45. The number of rotatable bonds is 8. The lowest BCUT2D eigenvalue weighted by molar-refractivity contribution is -0.177. The Morgan fingerprint density at radius 1 is 1.22 bits per heavy atom. The van der Waals surface area contributed by atoms with E-state index in [1.165, 1.54) is 17.2 Å². The van der Waals surface area contributed by atoms with E-state index in [9.17, 15) is 20.1 Å². The third-order valence-electron chi connectivity index (χ3n) is 6.10. The number of aromatic nitrogens is 7. The first kappa shape index (κ1) is 23.7. The summed E-state index contributed by atoms with van der Waals surface area (Å²) in [4.78, 5) is 29.1. The molecule has 36 heavy (non-hydrogen) atoms. The molecule has 188 valence electrons. The van der Waals surface area contributed by atoms with Crippen molar-refractivity contribution in [1.82, 2.24) is 34.7 Å². The number of hydrogen-bond acceptors (Lipinski definition) is 11. The summed E-state index contributed by atoms with van der Waals surface area (Å²) in [7, 11) is 0. The number of carbonyl (C=O) groups is 1. The molecular weight excluding hydrogens is 472 g/mol. The van der Waals surface area contributed by atoms with Crippen LogP contribution in [0.3, 0.4) is 0 Å². The number of benzene rings is 1. The molecule has 1 fully saturated rings. The fourth-order valence-electron chi connectivity index (χ4n) is 4.28. The molecule has 0 aliphatic carbocycles. The zero-order chi connectivity index (χ0) is 25.4. The number of carboxylic acids is 1. The number of nitrogens with one attached hydrogen (secondary N) is 1. The second kappa shape index (κ2) is 9.23. The minimum atomic E-state index is -1.95. The second-order valence-electron chi connectivity index (χ2n) is 8.47. The summed E-state index contributed by atoms with van der Waals surface area (Å²) in [5.41, 5.74) is 5.29. The van der Waals surface area contributed by atoms with E-state index in [1.54, 1.807) is 31.2 Å². The molecule has 0 spiro atoms. The average Bonchev–Trinajstić information content (AvgIpc) is 3.59. The molecule has 1 saturated heterocycles. The summed E-state index contributed by atoms with van der Waals surface area (Å²) < 4.78 is 13.3. The van der Waals surface area contributed by atoms with Crippen LogP contribution in [0.2, 0.25) is 0 Å². The summed E-state index contributed by atoms with van der Waals surface area (Å²) in [6, 6.07) is 8.89. The number of aliphatic hydroxyl groups excluding tert-OH is 2. The maximum Gasteiger partial charge on any atom is 0.344 e. The molecule has 0 amide bonds. The van der Waals surface area contributed by atoms with Crippen LogP contribution in [-0.2, 0) is 26.3 Å². The highest BCUT2D eigenvalue weighted by atomic mass is 16.6. The topological polar surface area (TPSA) is 207 Å². The largest absolute Gasteiger partial charge is 0.479 e. The maximum absolute atomic E-state index is 12.5. The predicted molar refractivity (Wildman–Crippen MR) is 122 cm³/mol. The predicted octanol–water partition coefficient (Wildman–Crippen LogP) is -0.306. The van der Waals surface area contributed by atoms with E-state index in [2.05, 4.69) is 30.1 Å². The van der Waals surface area contributed by atoms with E-state index in [0.717, 1.165) is 0 Å². The van der Waals surface area contributed by atoms with E-state index in [4.69, 9.17) is 15.2 Å². The number of H-pyrrole nitrogens is 1. The highest BCUT2D eigenvalue weighted by Gasteiger charge is 2.49. The van der Waals surface area contributed by atoms with Crippen LogP contribution in [0, 0.1) is 6.92 Å². The third-order valence-corrected chi connectivity index (χ3v) is 6.10. The lowest BCUT2D eigenvalue weighted by Gasteiger charge is -2.29. The number of carboxylic acid groups (broad SMARTS) is 1. The number of nitrogens with two attached hydrogens (primary N) is 1. The minimum Gasteiger partial charge on any atom is -0.479 e. The first-order valence-electron chi connectivity index (χ1n) is 11.1. The van der Waals surface area contributed by atoms with Crippen molar-refractivity contribution in [2.75, 3.05) is 12.3 Å². The highest BCUT2D eigenvalue weighted by Crippen LogP contribution is 2.35. The summed E-state index contributed by atoms with van der Waals surface area (Å²) in [6.07, 6.45) is -2.45. The minimum absolute atomic E-state index is 0.0216. The van der Waals surface area contributed by atoms with Crippen LogP contribution >= 0.6 is 0 Å². The van der Waals surface area contributed by atoms with E-state index in [0.29, 0.717) is 22.6 Å². The van der Waals surface area contributed by atoms with Crippen LogP contribution in [0.5, 0.6) is 0 Å². The van der Waals surface area contributed by atoms with Crippen molar-refractivity contribution in [3.63, 3.8) is 0 Å². The Morgan fingerprint density at radius 2 is 2.00 bits per heavy atom. The fourth-order valence-corrected chi connectivity index (χ4v) is 4.28. The van der Waals surface area contributed by atoms with Gasteiger partial charge in [-0.3, -0.25) is 9.67 Å². The maximum atomic E-state index is 12.5. The van der Waals surface area contributed by atoms with Gasteiger partial charge in [-0.15, -0.1) is 0 Å². The van der Waals surface area contributed by atoms with Gasteiger partial charge in [0, 0.05) is 6.42 Å². The number of nitrogens with zero attached hydrogens (tertiary/aromatic N) is 6. The van der Waals surface area contributed by atoms with Crippen LogP contribution in [0.25, 0.3) is 11.2 Å². The Morgan fingerprint density at radius 3 is 2.69 bits per heavy atom. The van der Waals surface area contributed by atoms with Crippen molar-refractivity contribution in [3.8, 4) is 0 Å². The van der Waals surface area contributed by atoms with Crippen molar-refractivity contribution < 1.29 is 29.6 Å². The van der Waals surface area contributed by atoms with Crippen LogP contribution < -0.4 is 5.73 Å². The van der Waals surface area contributed by atoms with Crippen molar-refractivity contribution in [3.05, 3.63) is 60.2 Å². The van der Waals surface area contributed by atoms with E-state index in [1.807, 2.05) is 6.07 Å². The first-order chi connectivity index (χ1) is 17.3. The SMILES string of the molecule is Cc1nc(N)c2ncn([C@@H]3O[C@H](CO[C@](Cc4ccccc4)(C(=O)O)c4ncn[nH]4)[C@@H](O)[C@H]3O)c2n1. The van der Waals surface area contributed by atoms with Gasteiger partial charge in [-0.05, 0) is 12.5 Å². The smallest absolute Gasteiger partial charge is 0.344 e. The number of nitrogen functional groups attached to an aromatic ring is 1. The van der Waals surface area contributed by atoms with Gasteiger partial charge >= 0.3 is 5.97 Å². The Hall–Kier alpha value is -3.98. The van der Waals surface area contributed by atoms with Gasteiger partial charge in [-0.1, -0.05) is 30.3 Å². The van der Waals surface area contributed by atoms with Gasteiger partial charge in [0.05, 0.1) is 12.9 Å². The third kappa shape index (κ3) is 4.05. The molecule has 0 saturated carbocycles. The van der Waals surface area contributed by atoms with Crippen LogP contribution in [0.1, 0.15) is 23.4 Å². The summed E-state index contributed by atoms with van der Waals surface area (Å²) in [5, 5.41) is 38.1. The molecule has 6 N–H and O–H groups in total. The van der Waals surface area contributed by atoms with Crippen LogP contribution in [0.15, 0.2) is 43.0 Å². The van der Waals surface area contributed by atoms with Gasteiger partial charge in [-0.2, -0.15) is 5.10 Å². The molecule has 3 aromatic heterocycles. The highest BCUT2D eigenvalue weighted by molar-refractivity contribution is 5.81. The molecule has 0 unspecified atom stereocenters. The lowest BCUT2D eigenvalue weighted by atomic mass is 9.93. The Kier molecular flexibility index (Phi) is 6.09. The summed E-state index contributed by atoms with van der Waals surface area (Å²) >= 11 is 0. The molecule has 5 atom stereocenters. The Labute approximate surface area is 203 Å². The van der Waals surface area contributed by atoms with Crippen molar-refractivity contribution >= 4 is 23.0 Å². The number of aryl methyl sites for hydroxylation is 1. The number of imidazole rings is 1. The molecule has 4 aromatic rings. The van der Waals surface area contributed by atoms with Gasteiger partial charge in [0.25, 0.3) is 0 Å². The standard InChI is InChI=1S/C22H24N8O6/c1-11-27-17(23)14-18(28-11)30(10-25-14)19-16(32)15(31)13(36-19)8-35-22(21(33)34,20-24-9-26-29-20)7-12-5-3-2-4-6-12/h2-6,9-10,13,15-16,19,31-32H,7-8H2,1H3,(H,33,34)(H2,23,27,28)(H,24,26,29)/t13-,15-,16-,19-,22+/m1/s1. The van der Waals surface area contributed by atoms with Crippen molar-refractivity contribution in [1.29, 1.82) is 0 Å². The van der Waals surface area contributed by atoms with E-state index in [-0.39, 0.29) is 24.7 Å². The van der Waals surface area contributed by atoms with Gasteiger partial charge < -0.3 is 30.5 Å². The van der Waals surface area contributed by atoms with Crippen LogP contribution in [-0.4, -0.2) is 80.9 Å². The summed E-state index contributed by atoms with van der Waals surface area (Å²) in [6.45, 7) is 1.28. The molecule has 0 bridgehead atoms. The van der Waals surface area contributed by atoms with Crippen LogP contribution in [0.4, 0.5) is 5.82 Å². The fraction of sp³-hybridized carbons (Fsp3) is 0.364. The molecule has 4 heterocycles. The van der Waals surface area contributed by atoms with E-state index >= 15 is 0 Å². The molecule has 5 rings (SSSR count). The quantitative estimate of drug-likeness (QED) is 0.213. The number of aromatic amines is 1. The number of aliphatic carboxylic acids is 1. The molecule has 1 aliphatic heterocycles. The average molecular weight is 496 g/mol. The molecule has 14 heteroatoms. The monoisotopic (exact) mass is 496 g/mol. The number of ether oxygens (including phenoxy) is 2. The van der Waals surface area contributed by atoms with E-state index < -0.39 is 36.1 Å². The van der Waals surface area contributed by atoms with Gasteiger partial charge in [0.2, 0.25) is 5.60 Å². The number of anilines is 1. The number of aliphatic hydroxyl groups is 2. The Balaban J connectivity index is 1.42. The zero-order valence-corrected chi connectivity index (χ0v) is 19.1. The van der Waals surface area contributed by atoms with Crippen molar-refractivity contribution in [2.45, 2.75) is 43.5 Å². The molecule has 1 aliphatic rings. The summed E-state index contributed by atoms with van der Waals surface area (Å²) in [5.74, 6) is -0.764. The normalized spacial score (nSPS) is 23.6. The molecule has 14 nitrogen and oxygen atoms in total. The van der Waals surface area contributed by atoms with Gasteiger partial charge in [0.15, 0.2) is 23.5 Å². The number of fused-ring (bicyclic) bond motifs is 1. The molecule has 1 aromatic carbocycles. The van der Waals surface area contributed by atoms with Gasteiger partial charge in [0.1, 0.15) is 36.0 Å². The molecular formula is C22H24N8O6. The van der Waals surface area contributed by atoms with Crippen molar-refractivity contribution in [2.24, 2.45) is 0 Å². The first-order valence-corrected chi connectivity index (χ1v) is 11.1. The second-order valence-corrected chi connectivity index (χ2v) is 8.47. The number of hydrogen-bond donors (Lipinski definition) is 5. The molecule has 0 radical (unpaired) electrons. The zero-order valence-electron chi connectivity index (χ0n) is 19.1.